The minimum Gasteiger partial charge on any atom is -0.308 e. The zero-order valence-electron chi connectivity index (χ0n) is 6.59. The Morgan fingerprint density at radius 3 is 2.36 bits per heavy atom. The molecule has 0 radical (unpaired) electrons. The Labute approximate surface area is 66.9 Å². The molecule has 0 fully saturated rings. The van der Waals surface area contributed by atoms with Crippen molar-refractivity contribution in [1.29, 1.82) is 5.41 Å². The van der Waals surface area contributed by atoms with Crippen LogP contribution in [-0.4, -0.2) is 6.21 Å². The first-order valence-electron chi connectivity index (χ1n) is 3.50. The summed E-state index contributed by atoms with van der Waals surface area (Å²) in [4.78, 5) is 0. The highest BCUT2D eigenvalue weighted by Crippen LogP contribution is 2.10. The normalized spacial score (nSPS) is 9.18. The van der Waals surface area contributed by atoms with Gasteiger partial charge >= 0.3 is 0 Å². The first-order valence-corrected chi connectivity index (χ1v) is 3.50. The van der Waals surface area contributed by atoms with Crippen molar-refractivity contribution < 1.29 is 0 Å². The third-order valence-electron chi connectivity index (χ3n) is 1.60. The Kier molecular flexibility index (Phi) is 2.21. The third-order valence-corrected chi connectivity index (χ3v) is 1.60. The second kappa shape index (κ2) is 3.15. The molecule has 0 aliphatic carbocycles. The molecule has 0 unspecified atom stereocenters. The fourth-order valence-corrected chi connectivity index (χ4v) is 0.851. The van der Waals surface area contributed by atoms with E-state index < -0.39 is 0 Å². The summed E-state index contributed by atoms with van der Waals surface area (Å²) in [6.07, 6.45) is 1.27. The number of hydrogen-bond acceptors (Lipinski definition) is 1. The highest BCUT2D eigenvalue weighted by Gasteiger charge is 1.92. The van der Waals surface area contributed by atoms with E-state index >= 15 is 0 Å². The molecule has 56 valence electrons. The summed E-state index contributed by atoms with van der Waals surface area (Å²) >= 11 is 0. The third kappa shape index (κ3) is 1.77. The molecule has 1 nitrogen and oxygen atoms in total. The van der Waals surface area contributed by atoms with Crippen LogP contribution in [0, 0.1) is 12.3 Å². The van der Waals surface area contributed by atoms with Crippen LogP contribution in [-0.2, 0) is 0 Å². The van der Waals surface area contributed by atoms with Crippen LogP contribution < -0.4 is 0 Å². The van der Waals surface area contributed by atoms with Gasteiger partial charge in [-0.3, -0.25) is 0 Å². The monoisotopic (exact) mass is 145 g/mol. The maximum atomic E-state index is 6.98. The summed E-state index contributed by atoms with van der Waals surface area (Å²) in [5.41, 5.74) is 3.00. The number of aryl methyl sites for hydroxylation is 1. The van der Waals surface area contributed by atoms with Gasteiger partial charge in [0.25, 0.3) is 0 Å². The van der Waals surface area contributed by atoms with Crippen LogP contribution in [0.1, 0.15) is 11.1 Å². The van der Waals surface area contributed by atoms with Crippen LogP contribution >= 0.6 is 0 Å². The summed E-state index contributed by atoms with van der Waals surface area (Å²) in [5, 5.41) is 6.98. The summed E-state index contributed by atoms with van der Waals surface area (Å²) < 4.78 is 0. The first-order chi connectivity index (χ1) is 5.24. The summed E-state index contributed by atoms with van der Waals surface area (Å²) in [7, 11) is 0. The van der Waals surface area contributed by atoms with Crippen molar-refractivity contribution in [2.24, 2.45) is 0 Å². The molecule has 1 aromatic rings. The molecule has 0 atom stereocenters. The fourth-order valence-electron chi connectivity index (χ4n) is 0.851. The largest absolute Gasteiger partial charge is 0.308 e. The highest BCUT2D eigenvalue weighted by molar-refractivity contribution is 6.07. The molecule has 0 saturated heterocycles. The van der Waals surface area contributed by atoms with Gasteiger partial charge in [0.2, 0.25) is 0 Å². The lowest BCUT2D eigenvalue weighted by Crippen LogP contribution is -1.82. The molecule has 0 aliphatic rings. The van der Waals surface area contributed by atoms with Gasteiger partial charge in [0.15, 0.2) is 0 Å². The predicted octanol–water partition coefficient (Wildman–Crippen LogP) is 2.66. The zero-order chi connectivity index (χ0) is 8.27. The molecule has 0 bridgehead atoms. The maximum Gasteiger partial charge on any atom is 0.0250 e. The fraction of sp³-hybridized carbons (Fsp3) is 0.100. The predicted molar refractivity (Wildman–Crippen MR) is 49.0 cm³/mol. The molecule has 0 amide bonds. The van der Waals surface area contributed by atoms with Gasteiger partial charge in [0.05, 0.1) is 0 Å². The van der Waals surface area contributed by atoms with Crippen LogP contribution in [0.15, 0.2) is 30.8 Å². The molecular formula is C10H11N. The van der Waals surface area contributed by atoms with Gasteiger partial charge in [0, 0.05) is 6.21 Å². The number of allylic oxidation sites excluding steroid dienone is 1. The minimum atomic E-state index is 0.755. The van der Waals surface area contributed by atoms with Gasteiger partial charge in [-0.05, 0) is 18.1 Å². The first kappa shape index (κ1) is 7.73. The average molecular weight is 145 g/mol. The molecule has 0 saturated carbocycles. The van der Waals surface area contributed by atoms with E-state index in [1.54, 1.807) is 0 Å². The molecule has 1 aromatic carbocycles. The van der Waals surface area contributed by atoms with Crippen LogP contribution in [0.25, 0.3) is 5.57 Å². The van der Waals surface area contributed by atoms with Crippen LogP contribution in [0.5, 0.6) is 0 Å². The molecule has 0 heterocycles. The van der Waals surface area contributed by atoms with Crippen molar-refractivity contribution in [2.45, 2.75) is 6.92 Å². The van der Waals surface area contributed by atoms with Gasteiger partial charge in [-0.1, -0.05) is 36.4 Å². The molecule has 1 rings (SSSR count). The Bertz CT molecular complexity index is 269. The van der Waals surface area contributed by atoms with Crippen molar-refractivity contribution >= 4 is 11.8 Å². The summed E-state index contributed by atoms with van der Waals surface area (Å²) in [6.45, 7) is 5.77. The molecule has 0 aliphatic heterocycles. The van der Waals surface area contributed by atoms with Gasteiger partial charge in [-0.2, -0.15) is 0 Å². The molecule has 1 N–H and O–H groups in total. The van der Waals surface area contributed by atoms with Crippen molar-refractivity contribution in [3.8, 4) is 0 Å². The molecular weight excluding hydrogens is 134 g/mol. The standard InChI is InChI=1S/C10H11N/c1-8-3-5-10(6-4-8)9(2)7-11/h3-7,11H,2H2,1H3. The Morgan fingerprint density at radius 1 is 1.36 bits per heavy atom. The van der Waals surface area contributed by atoms with E-state index in [4.69, 9.17) is 5.41 Å². The molecule has 1 heteroatoms. The van der Waals surface area contributed by atoms with E-state index in [1.807, 2.05) is 31.2 Å². The topological polar surface area (TPSA) is 23.9 Å². The van der Waals surface area contributed by atoms with Gasteiger partial charge in [-0.25, -0.2) is 0 Å². The van der Waals surface area contributed by atoms with Crippen molar-refractivity contribution in [1.82, 2.24) is 0 Å². The Morgan fingerprint density at radius 2 is 1.91 bits per heavy atom. The second-order valence-corrected chi connectivity index (χ2v) is 2.54. The maximum absolute atomic E-state index is 6.98. The Hall–Kier alpha value is -1.37. The second-order valence-electron chi connectivity index (χ2n) is 2.54. The number of nitrogens with one attached hydrogen (secondary N) is 1. The lowest BCUT2D eigenvalue weighted by atomic mass is 10.1. The van der Waals surface area contributed by atoms with Crippen LogP contribution in [0.4, 0.5) is 0 Å². The number of benzene rings is 1. The lowest BCUT2D eigenvalue weighted by molar-refractivity contribution is 1.46. The van der Waals surface area contributed by atoms with Crippen molar-refractivity contribution in [2.75, 3.05) is 0 Å². The summed E-state index contributed by atoms with van der Waals surface area (Å²) in [5.74, 6) is 0. The minimum absolute atomic E-state index is 0.755. The SMILES string of the molecule is C=C(C=N)c1ccc(C)cc1. The van der Waals surface area contributed by atoms with E-state index in [1.165, 1.54) is 11.8 Å². The Balaban J connectivity index is 2.98. The van der Waals surface area contributed by atoms with Crippen LogP contribution in [0.3, 0.4) is 0 Å². The quantitative estimate of drug-likeness (QED) is 0.618. The molecule has 0 spiro atoms. The number of rotatable bonds is 2. The zero-order valence-corrected chi connectivity index (χ0v) is 6.59. The smallest absolute Gasteiger partial charge is 0.0250 e. The number of hydrogen-bond donors (Lipinski definition) is 1. The van der Waals surface area contributed by atoms with Crippen molar-refractivity contribution in [3.63, 3.8) is 0 Å². The van der Waals surface area contributed by atoms with Gasteiger partial charge in [-0.15, -0.1) is 0 Å². The van der Waals surface area contributed by atoms with Gasteiger partial charge in [0.1, 0.15) is 0 Å². The van der Waals surface area contributed by atoms with Crippen LogP contribution in [0.2, 0.25) is 0 Å². The molecule has 0 aromatic heterocycles. The molecule has 11 heavy (non-hydrogen) atoms. The highest BCUT2D eigenvalue weighted by atomic mass is 14.3. The van der Waals surface area contributed by atoms with Gasteiger partial charge < -0.3 is 5.41 Å². The van der Waals surface area contributed by atoms with E-state index in [0.717, 1.165) is 11.1 Å². The average Bonchev–Trinajstić information content (AvgIpc) is 2.05. The van der Waals surface area contributed by atoms with E-state index in [9.17, 15) is 0 Å². The van der Waals surface area contributed by atoms with E-state index in [2.05, 4.69) is 6.58 Å². The van der Waals surface area contributed by atoms with E-state index in [-0.39, 0.29) is 0 Å². The van der Waals surface area contributed by atoms with E-state index in [0.29, 0.717) is 0 Å². The van der Waals surface area contributed by atoms with Crippen molar-refractivity contribution in [3.05, 3.63) is 42.0 Å². The lowest BCUT2D eigenvalue weighted by Gasteiger charge is -1.98. The summed E-state index contributed by atoms with van der Waals surface area (Å²) in [6, 6.07) is 7.99.